The van der Waals surface area contributed by atoms with Gasteiger partial charge in [-0.3, -0.25) is 28.9 Å². The number of anilines is 3. The van der Waals surface area contributed by atoms with Crippen LogP contribution in [-0.4, -0.2) is 279 Å². The van der Waals surface area contributed by atoms with Crippen molar-refractivity contribution in [3.05, 3.63) is 125 Å². The van der Waals surface area contributed by atoms with Crippen molar-refractivity contribution in [2.45, 2.75) is 211 Å². The highest BCUT2D eigenvalue weighted by Gasteiger charge is 2.50. The van der Waals surface area contributed by atoms with E-state index >= 15 is 0 Å². The SMILES string of the molecule is CO[C@H]1C[C@@H]2CCC[C@@](O)(O2)C(=O)C(=O)N2CCCC[C@H]2C(=O)O[C@H]([C@H](N)C[C@@H]2CC[C@@H](OC(=O)NCc3cnc(N4CCN(CCOCCOCCOCCOCCC(=O)N5CCc6cc(Cn7nc(-c8ccc9oc(N)nc9c8)c8c(N)ncnc87)ccc6C5)CC4)nc3)[C@H](OC)C2)CC(=O)[C@H](C)/C=C(\C)[C@@H](O)[C@@H](O)C(=O)[C@H](C)C[C@H](C)/C=C/C=C/C=C/1C. The number of nitrogens with zero attached hydrogens (tertiary/aromatic N) is 11. The number of esters is 1. The standard InChI is InChI=1S/C91H125N15O20/c1-56-14-9-8-10-15-57(2)74(117-6)48-67-16-13-26-91(116,126-67)83(112)86(113)105-27-12-11-17-70(105)87(114)123-75(49-71(107)58(3)43-60(5)81(110)82(111)80(109)59(4)42-56)68(92)45-61-19-22-73(76(46-61)118-7)125-90(115)97-52-63-50-95-89(96-51-63)103-31-29-102(30-32-103)33-35-120-37-39-122-41-40-121-38-36-119-34-25-77(108)104-28-24-64-44-62(18-20-66(64)54-104)53-106-85-78(84(93)98-55-99-85)79(101-106)65-21-23-72-69(47-65)100-88(94)124-72/h8-10,14-15,18,20-21,23,43-44,47,50-51,55-56,58-59,61,67-68,70,73-76,81-82,110-111,116H,11-13,16-17,19,22,24-42,45-46,48-49,52-54,92H2,1-7H3,(H2,94,100)(H,97,115)(H2,93,98,99)/b10-8+,14-9+,57-15+,60-43+/t56-,58-,59-,61+,67+,68-,70+,73-,74+,75+,76-,81-,82+,91-/m1/s1. The van der Waals surface area contributed by atoms with E-state index in [2.05, 4.69) is 58.2 Å². The maximum Gasteiger partial charge on any atom is 0.407 e. The monoisotopic (exact) mass is 1750 g/mol. The van der Waals surface area contributed by atoms with Crippen LogP contribution in [0.25, 0.3) is 33.4 Å². The highest BCUT2D eigenvalue weighted by Crippen LogP contribution is 2.38. The summed E-state index contributed by atoms with van der Waals surface area (Å²) in [5.41, 5.74) is 27.4. The summed E-state index contributed by atoms with van der Waals surface area (Å²) in [7, 11) is 3.07. The lowest BCUT2D eigenvalue weighted by atomic mass is 9.80. The molecule has 0 radical (unpaired) electrons. The fourth-order valence-electron chi connectivity index (χ4n) is 17.5. The Kier molecular flexibility index (Phi) is 34.5. The lowest BCUT2D eigenvalue weighted by Crippen LogP contribution is -2.58. The molecular weight excluding hydrogens is 1620 g/mol. The van der Waals surface area contributed by atoms with Gasteiger partial charge in [-0.05, 0) is 142 Å². The fraction of sp³-hybridized carbons (Fsp3) is 0.593. The van der Waals surface area contributed by atoms with Gasteiger partial charge in [0.25, 0.3) is 17.7 Å². The number of Topliss-reactive ketones (excluding diaryl/α,β-unsaturated/α-hetero) is 3. The van der Waals surface area contributed by atoms with Crippen LogP contribution in [0.5, 0.6) is 0 Å². The van der Waals surface area contributed by atoms with E-state index in [1.807, 2.05) is 65.9 Å². The number of carbonyl (C=O) groups is 7. The van der Waals surface area contributed by atoms with Gasteiger partial charge in [0, 0.05) is 134 Å². The summed E-state index contributed by atoms with van der Waals surface area (Å²) in [5, 5.41) is 42.8. The van der Waals surface area contributed by atoms with Gasteiger partial charge >= 0.3 is 12.1 Å². The molecule has 6 aromatic rings. The molecule has 684 valence electrons. The third kappa shape index (κ3) is 25.5. The van der Waals surface area contributed by atoms with Crippen molar-refractivity contribution in [1.82, 2.24) is 54.7 Å². The summed E-state index contributed by atoms with van der Waals surface area (Å²) in [6, 6.07) is 9.68. The van der Waals surface area contributed by atoms with Crippen LogP contribution >= 0.6 is 0 Å². The summed E-state index contributed by atoms with van der Waals surface area (Å²) < 4.78 is 60.4. The van der Waals surface area contributed by atoms with Crippen molar-refractivity contribution in [3.63, 3.8) is 0 Å². The normalized spacial score (nSPS) is 27.4. The fourth-order valence-corrected chi connectivity index (χ4v) is 17.5. The molecule has 35 heteroatoms. The Morgan fingerprint density at radius 1 is 0.746 bits per heavy atom. The molecule has 5 aliphatic heterocycles. The van der Waals surface area contributed by atoms with Crippen molar-refractivity contribution < 1.29 is 95.9 Å². The maximum absolute atomic E-state index is 14.7. The van der Waals surface area contributed by atoms with Crippen molar-refractivity contribution in [1.29, 1.82) is 0 Å². The number of oxazole rings is 1. The molecule has 3 saturated heterocycles. The van der Waals surface area contributed by atoms with Crippen LogP contribution in [0.3, 0.4) is 0 Å². The van der Waals surface area contributed by atoms with Gasteiger partial charge in [-0.2, -0.15) is 10.1 Å². The van der Waals surface area contributed by atoms with Gasteiger partial charge in [-0.1, -0.05) is 75.4 Å². The molecule has 35 nitrogen and oxygen atoms in total. The number of piperidine rings is 1. The minimum atomic E-state index is -2.47. The number of ketones is 3. The number of piperazine rings is 1. The number of methoxy groups -OCH3 is 2. The number of alkyl carbamates (subject to hydrolysis) is 1. The molecule has 1 saturated carbocycles. The van der Waals surface area contributed by atoms with E-state index in [1.54, 1.807) is 39.4 Å². The molecule has 4 aromatic heterocycles. The lowest BCUT2D eigenvalue weighted by molar-refractivity contribution is -0.245. The number of benzene rings is 2. The van der Waals surface area contributed by atoms with Crippen molar-refractivity contribution in [2.75, 3.05) is 129 Å². The number of aliphatic hydroxyl groups excluding tert-OH is 2. The molecule has 0 unspecified atom stereocenters. The van der Waals surface area contributed by atoms with E-state index in [-0.39, 0.29) is 74.5 Å². The second-order valence-corrected chi connectivity index (χ2v) is 34.1. The number of fused-ring (bicyclic) bond motifs is 6. The zero-order chi connectivity index (χ0) is 89.6. The van der Waals surface area contributed by atoms with Gasteiger partial charge < -0.3 is 99.6 Å². The zero-order valence-electron chi connectivity index (χ0n) is 73.4. The molecule has 2 bridgehead atoms. The molecule has 0 spiro atoms. The Balaban J connectivity index is 0.525. The highest BCUT2D eigenvalue weighted by molar-refractivity contribution is 6.39. The Bertz CT molecular complexity index is 4820. The number of rotatable bonds is 27. The zero-order valence-corrected chi connectivity index (χ0v) is 73.4. The molecule has 4 fully saturated rings. The van der Waals surface area contributed by atoms with Gasteiger partial charge in [-0.25, -0.2) is 34.2 Å². The summed E-state index contributed by atoms with van der Waals surface area (Å²) in [6.07, 6.45) is 12.4. The molecule has 3 amide bonds. The quantitative estimate of drug-likeness (QED) is 0.0118. The van der Waals surface area contributed by atoms with E-state index in [9.17, 15) is 48.9 Å². The average Bonchev–Trinajstić information content (AvgIpc) is 1.63. The predicted octanol–water partition coefficient (Wildman–Crippen LogP) is 7.02. The number of aromatic nitrogens is 7. The van der Waals surface area contributed by atoms with Crippen LogP contribution in [0.4, 0.5) is 22.6 Å². The number of hydrogen-bond donors (Lipinski definition) is 7. The lowest BCUT2D eigenvalue weighted by Gasteiger charge is -2.40. The third-order valence-corrected chi connectivity index (χ3v) is 24.8. The number of allylic oxidation sites excluding steroid dienone is 6. The average molecular weight is 1750 g/mol. The molecule has 6 aliphatic rings. The molecule has 14 atom stereocenters. The van der Waals surface area contributed by atoms with E-state index in [0.29, 0.717) is 182 Å². The first-order chi connectivity index (χ1) is 60.7. The summed E-state index contributed by atoms with van der Waals surface area (Å²) >= 11 is 0. The Morgan fingerprint density at radius 3 is 2.24 bits per heavy atom. The van der Waals surface area contributed by atoms with E-state index in [4.69, 9.17) is 69.3 Å². The van der Waals surface area contributed by atoms with Crippen LogP contribution in [0.2, 0.25) is 0 Å². The molecule has 10 N–H and O–H groups in total. The number of carbonyl (C=O) groups excluding carboxylic acids is 7. The summed E-state index contributed by atoms with van der Waals surface area (Å²) in [5.74, 6) is -7.53. The number of aliphatic hydroxyl groups is 3. The number of nitrogens with two attached hydrogens (primary N) is 3. The van der Waals surface area contributed by atoms with Crippen LogP contribution in [-0.2, 0) is 97.5 Å². The van der Waals surface area contributed by atoms with Crippen LogP contribution in [0, 0.1) is 23.7 Å². The first-order valence-electron chi connectivity index (χ1n) is 44.2. The minimum Gasteiger partial charge on any atom is -0.459 e. The predicted molar refractivity (Wildman–Crippen MR) is 466 cm³/mol. The first kappa shape index (κ1) is 95.2. The number of hydrogen-bond acceptors (Lipinski definition) is 31. The second kappa shape index (κ2) is 45.7. The molecule has 2 aromatic carbocycles. The van der Waals surface area contributed by atoms with Crippen molar-refractivity contribution in [3.8, 4) is 11.3 Å². The van der Waals surface area contributed by atoms with Gasteiger partial charge in [-0.15, -0.1) is 0 Å². The van der Waals surface area contributed by atoms with Crippen LogP contribution in [0.15, 0.2) is 107 Å². The Hall–Kier alpha value is -9.89. The summed E-state index contributed by atoms with van der Waals surface area (Å²) in [4.78, 5) is 128. The number of amides is 3. The van der Waals surface area contributed by atoms with Crippen molar-refractivity contribution >= 4 is 81.1 Å². The maximum atomic E-state index is 14.7. The molecule has 1 aliphatic carbocycles. The summed E-state index contributed by atoms with van der Waals surface area (Å²) in [6.45, 7) is 17.4. The largest absolute Gasteiger partial charge is 0.459 e. The second-order valence-electron chi connectivity index (χ2n) is 34.1. The molecular formula is C91H125N15O20. The molecule has 12 rings (SSSR count). The topological polar surface area (TPSA) is 462 Å². The van der Waals surface area contributed by atoms with E-state index in [1.165, 1.54) is 32.0 Å². The highest BCUT2D eigenvalue weighted by atomic mass is 16.6. The minimum absolute atomic E-state index is 0.00284. The van der Waals surface area contributed by atoms with E-state index < -0.39 is 114 Å². The number of ether oxygens (including phenoxy) is 9. The Labute approximate surface area is 734 Å². The van der Waals surface area contributed by atoms with Crippen LogP contribution in [0.1, 0.15) is 147 Å². The number of nitrogen functional groups attached to an aromatic ring is 2. The van der Waals surface area contributed by atoms with Gasteiger partial charge in [0.05, 0.1) is 89.5 Å². The Morgan fingerprint density at radius 2 is 1.49 bits per heavy atom. The van der Waals surface area contributed by atoms with Gasteiger partial charge in [0.1, 0.15) is 59.6 Å². The van der Waals surface area contributed by atoms with Crippen molar-refractivity contribution in [2.24, 2.45) is 29.4 Å². The van der Waals surface area contributed by atoms with E-state index in [0.717, 1.165) is 53.2 Å². The smallest absolute Gasteiger partial charge is 0.407 e. The first-order valence-corrected chi connectivity index (χ1v) is 44.2. The molecule has 126 heavy (non-hydrogen) atoms. The number of nitrogens with one attached hydrogen (secondary N) is 1. The third-order valence-electron chi connectivity index (χ3n) is 24.8. The molecule has 9 heterocycles. The van der Waals surface area contributed by atoms with Gasteiger partial charge in [0.2, 0.25) is 17.6 Å². The van der Waals surface area contributed by atoms with Crippen LogP contribution < -0.4 is 27.4 Å². The number of cyclic esters (lactones) is 1. The van der Waals surface area contributed by atoms with Gasteiger partial charge in [0.15, 0.2) is 17.0 Å².